The molecular formula is C24H28N4O5S. The van der Waals surface area contributed by atoms with Crippen LogP contribution in [0.1, 0.15) is 38.7 Å². The van der Waals surface area contributed by atoms with E-state index in [-0.39, 0.29) is 18.0 Å². The van der Waals surface area contributed by atoms with E-state index in [0.29, 0.717) is 42.1 Å². The van der Waals surface area contributed by atoms with Crippen molar-refractivity contribution in [2.75, 3.05) is 19.7 Å². The number of aryl methyl sites for hydroxylation is 1. The van der Waals surface area contributed by atoms with Crippen LogP contribution in [-0.4, -0.2) is 58.4 Å². The zero-order valence-electron chi connectivity index (χ0n) is 19.3. The van der Waals surface area contributed by atoms with Crippen molar-refractivity contribution in [2.24, 2.45) is 5.92 Å². The molecule has 1 aliphatic heterocycles. The second-order valence-corrected chi connectivity index (χ2v) is 10.2. The minimum atomic E-state index is -3.82. The fraction of sp³-hybridized carbons (Fsp3) is 0.417. The molecule has 2 aromatic heterocycles. The summed E-state index contributed by atoms with van der Waals surface area (Å²) < 4.78 is 33.8. The highest BCUT2D eigenvalue weighted by Crippen LogP contribution is 2.33. The molecule has 0 saturated carbocycles. The third-order valence-electron chi connectivity index (χ3n) is 6.02. The van der Waals surface area contributed by atoms with E-state index in [0.717, 1.165) is 23.9 Å². The van der Waals surface area contributed by atoms with Gasteiger partial charge in [-0.25, -0.2) is 18.4 Å². The zero-order valence-corrected chi connectivity index (χ0v) is 20.1. The van der Waals surface area contributed by atoms with Crippen LogP contribution in [0.4, 0.5) is 0 Å². The van der Waals surface area contributed by atoms with Gasteiger partial charge in [-0.15, -0.1) is 0 Å². The molecule has 0 aliphatic carbocycles. The molecule has 9 nitrogen and oxygen atoms in total. The Balaban J connectivity index is 1.75. The predicted molar refractivity (Wildman–Crippen MR) is 127 cm³/mol. The first-order valence-corrected chi connectivity index (χ1v) is 12.9. The van der Waals surface area contributed by atoms with Gasteiger partial charge in [0.05, 0.1) is 34.7 Å². The number of fused-ring (bicyclic) bond motifs is 1. The number of carboxylic acids is 1. The monoisotopic (exact) mass is 484 g/mol. The normalized spacial score (nSPS) is 15.5. The van der Waals surface area contributed by atoms with Gasteiger partial charge in [-0.3, -0.25) is 9.78 Å². The molecule has 0 amide bonds. The molecule has 1 aromatic carbocycles. The Morgan fingerprint density at radius 3 is 2.62 bits per heavy atom. The second kappa shape index (κ2) is 10.0. The Bertz CT molecular complexity index is 1300. The molecular weight excluding hydrogens is 456 g/mol. The van der Waals surface area contributed by atoms with Gasteiger partial charge < -0.3 is 9.84 Å². The molecule has 0 spiro atoms. The quantitative estimate of drug-likeness (QED) is 0.515. The summed E-state index contributed by atoms with van der Waals surface area (Å²) in [7, 11) is -3.82. The van der Waals surface area contributed by atoms with Gasteiger partial charge in [0.25, 0.3) is 0 Å². The molecule has 4 rings (SSSR count). The van der Waals surface area contributed by atoms with E-state index < -0.39 is 21.9 Å². The molecule has 10 heteroatoms. The predicted octanol–water partition coefficient (Wildman–Crippen LogP) is 3.53. The molecule has 1 aliphatic rings. The lowest BCUT2D eigenvalue weighted by Gasteiger charge is -2.29. The molecule has 3 aromatic rings. The van der Waals surface area contributed by atoms with Crippen molar-refractivity contribution in [2.45, 2.75) is 44.4 Å². The fourth-order valence-corrected chi connectivity index (χ4v) is 5.71. The van der Waals surface area contributed by atoms with Gasteiger partial charge in [0.1, 0.15) is 11.3 Å². The van der Waals surface area contributed by atoms with E-state index in [1.165, 1.54) is 10.4 Å². The summed E-state index contributed by atoms with van der Waals surface area (Å²) in [5, 5.41) is 9.22. The highest BCUT2D eigenvalue weighted by molar-refractivity contribution is 7.89. The number of ether oxygens (including phenoxy) is 1. The molecule has 0 unspecified atom stereocenters. The number of sulfonamides is 1. The van der Waals surface area contributed by atoms with E-state index in [9.17, 15) is 18.3 Å². The maximum Gasteiger partial charge on any atom is 0.306 e. The molecule has 180 valence electrons. The van der Waals surface area contributed by atoms with Crippen molar-refractivity contribution in [1.29, 1.82) is 0 Å². The minimum absolute atomic E-state index is 0.100. The first-order chi connectivity index (χ1) is 16.3. The van der Waals surface area contributed by atoms with Gasteiger partial charge in [-0.05, 0) is 56.0 Å². The molecule has 1 saturated heterocycles. The maximum atomic E-state index is 13.4. The number of carboxylic acid groups (broad SMARTS) is 1. The third kappa shape index (κ3) is 4.74. The lowest BCUT2D eigenvalue weighted by Crippen LogP contribution is -2.40. The summed E-state index contributed by atoms with van der Waals surface area (Å²) in [6.07, 6.45) is 5.76. The van der Waals surface area contributed by atoms with E-state index in [4.69, 9.17) is 9.72 Å². The minimum Gasteiger partial charge on any atom is -0.493 e. The van der Waals surface area contributed by atoms with Crippen LogP contribution in [0, 0.1) is 5.92 Å². The van der Waals surface area contributed by atoms with E-state index in [2.05, 4.69) is 16.9 Å². The second-order valence-electron chi connectivity index (χ2n) is 8.26. The number of benzene rings is 1. The highest BCUT2D eigenvalue weighted by Gasteiger charge is 2.32. The Morgan fingerprint density at radius 2 is 1.94 bits per heavy atom. The van der Waals surface area contributed by atoms with Crippen molar-refractivity contribution < 1.29 is 23.1 Å². The van der Waals surface area contributed by atoms with Crippen LogP contribution in [0.25, 0.3) is 22.4 Å². The van der Waals surface area contributed by atoms with Crippen molar-refractivity contribution in [3.05, 3.63) is 42.2 Å². The van der Waals surface area contributed by atoms with Crippen molar-refractivity contribution in [3.63, 3.8) is 0 Å². The van der Waals surface area contributed by atoms with Gasteiger partial charge in [0, 0.05) is 19.3 Å². The summed E-state index contributed by atoms with van der Waals surface area (Å²) in [6, 6.07) is 6.62. The first kappa shape index (κ1) is 24.0. The van der Waals surface area contributed by atoms with Crippen LogP contribution in [-0.2, 0) is 21.2 Å². The van der Waals surface area contributed by atoms with Crippen molar-refractivity contribution >= 4 is 27.0 Å². The standard InChI is InChI=1S/C24H28N4O5S/c1-3-5-16-8-11-25-20-15-26-23(27-22(16)20)19-14-18(6-7-21(19)33-4-2)34(31,32)28-12-9-17(10-13-28)24(29)30/h6-8,11,14-15,17H,3-5,9-10,12-13H2,1-2H3,(H,29,30). The Kier molecular flexibility index (Phi) is 7.08. The number of aliphatic carboxylic acids is 1. The van der Waals surface area contributed by atoms with Gasteiger partial charge >= 0.3 is 5.97 Å². The highest BCUT2D eigenvalue weighted by atomic mass is 32.2. The largest absolute Gasteiger partial charge is 0.493 e. The number of hydrogen-bond acceptors (Lipinski definition) is 7. The summed E-state index contributed by atoms with van der Waals surface area (Å²) in [5.74, 6) is -0.542. The summed E-state index contributed by atoms with van der Waals surface area (Å²) in [4.78, 5) is 24.9. The molecule has 34 heavy (non-hydrogen) atoms. The van der Waals surface area contributed by atoms with Crippen molar-refractivity contribution in [1.82, 2.24) is 19.3 Å². The summed E-state index contributed by atoms with van der Waals surface area (Å²) >= 11 is 0. The SMILES string of the molecule is CCCc1ccnc2cnc(-c3cc(S(=O)(=O)N4CCC(C(=O)O)CC4)ccc3OCC)nc12. The molecule has 0 bridgehead atoms. The smallest absolute Gasteiger partial charge is 0.306 e. The maximum absolute atomic E-state index is 13.4. The average Bonchev–Trinajstić information content (AvgIpc) is 2.84. The van der Waals surface area contributed by atoms with Crippen LogP contribution in [0.3, 0.4) is 0 Å². The van der Waals surface area contributed by atoms with Gasteiger partial charge in [-0.2, -0.15) is 4.31 Å². The van der Waals surface area contributed by atoms with Crippen LogP contribution >= 0.6 is 0 Å². The Hall–Kier alpha value is -3.11. The van der Waals surface area contributed by atoms with E-state index in [1.54, 1.807) is 24.5 Å². The first-order valence-electron chi connectivity index (χ1n) is 11.5. The van der Waals surface area contributed by atoms with Crippen LogP contribution in [0.5, 0.6) is 5.75 Å². The number of aromatic nitrogens is 3. The number of pyridine rings is 1. The Morgan fingerprint density at radius 1 is 1.18 bits per heavy atom. The molecule has 1 N–H and O–H groups in total. The molecule has 1 fully saturated rings. The number of carbonyl (C=O) groups is 1. The van der Waals surface area contributed by atoms with E-state index in [1.807, 2.05) is 13.0 Å². The number of piperidine rings is 1. The molecule has 0 atom stereocenters. The van der Waals surface area contributed by atoms with Crippen LogP contribution < -0.4 is 4.74 Å². The lowest BCUT2D eigenvalue weighted by molar-refractivity contribution is -0.142. The van der Waals surface area contributed by atoms with E-state index >= 15 is 0 Å². The van der Waals surface area contributed by atoms with Crippen LogP contribution in [0.2, 0.25) is 0 Å². The summed E-state index contributed by atoms with van der Waals surface area (Å²) in [5.41, 5.74) is 2.95. The molecule has 0 radical (unpaired) electrons. The number of hydrogen-bond donors (Lipinski definition) is 1. The summed E-state index contributed by atoms with van der Waals surface area (Å²) in [6.45, 7) is 4.68. The topological polar surface area (TPSA) is 123 Å². The lowest BCUT2D eigenvalue weighted by atomic mass is 9.99. The third-order valence-corrected chi connectivity index (χ3v) is 7.91. The van der Waals surface area contributed by atoms with Crippen LogP contribution in [0.15, 0.2) is 41.6 Å². The van der Waals surface area contributed by atoms with Gasteiger partial charge in [-0.1, -0.05) is 13.3 Å². The zero-order chi connectivity index (χ0) is 24.3. The van der Waals surface area contributed by atoms with Gasteiger partial charge in [0.2, 0.25) is 10.0 Å². The van der Waals surface area contributed by atoms with Gasteiger partial charge in [0.15, 0.2) is 5.82 Å². The number of rotatable bonds is 8. The molecule has 3 heterocycles. The average molecular weight is 485 g/mol. The Labute approximate surface area is 198 Å². The fourth-order valence-electron chi connectivity index (χ4n) is 4.21. The number of nitrogens with zero attached hydrogens (tertiary/aromatic N) is 4. The van der Waals surface area contributed by atoms with Crippen molar-refractivity contribution in [3.8, 4) is 17.1 Å².